The van der Waals surface area contributed by atoms with E-state index in [1.165, 1.54) is 6.07 Å². The molecule has 0 aliphatic carbocycles. The quantitative estimate of drug-likeness (QED) is 0.813. The van der Waals surface area contributed by atoms with E-state index >= 15 is 0 Å². The van der Waals surface area contributed by atoms with Crippen LogP contribution >= 0.6 is 0 Å². The maximum atomic E-state index is 13.0. The highest BCUT2D eigenvalue weighted by Crippen LogP contribution is 2.37. The molecule has 0 unspecified atom stereocenters. The third-order valence-electron chi connectivity index (χ3n) is 3.58. The second kappa shape index (κ2) is 7.38. The third-order valence-corrected chi connectivity index (χ3v) is 3.58. The van der Waals surface area contributed by atoms with Gasteiger partial charge >= 0.3 is 6.18 Å². The van der Waals surface area contributed by atoms with Gasteiger partial charge in [0.15, 0.2) is 0 Å². The van der Waals surface area contributed by atoms with Crippen LogP contribution in [0.2, 0.25) is 0 Å². The first-order valence-corrected chi connectivity index (χ1v) is 7.62. The van der Waals surface area contributed by atoms with Crippen molar-refractivity contribution < 1.29 is 18.0 Å². The van der Waals surface area contributed by atoms with E-state index in [-0.39, 0.29) is 18.0 Å². The summed E-state index contributed by atoms with van der Waals surface area (Å²) in [7, 11) is 1.74. The molecule has 0 spiro atoms. The molecule has 0 aliphatic rings. The van der Waals surface area contributed by atoms with Crippen molar-refractivity contribution in [2.45, 2.75) is 25.9 Å². The van der Waals surface area contributed by atoms with Gasteiger partial charge in [0.05, 0.1) is 16.9 Å². The van der Waals surface area contributed by atoms with E-state index in [1.807, 2.05) is 37.3 Å². The molecule has 0 saturated carbocycles. The predicted molar refractivity (Wildman–Crippen MR) is 89.5 cm³/mol. The molecule has 1 N–H and O–H groups in total. The van der Waals surface area contributed by atoms with Crippen LogP contribution in [0.3, 0.4) is 0 Å². The normalized spacial score (nSPS) is 11.2. The SMILES string of the molecule is CCCC(=O)Nc1cc(C(F)(F)F)ccc1N(C)c1ccccc1. The lowest BCUT2D eigenvalue weighted by Crippen LogP contribution is -2.17. The van der Waals surface area contributed by atoms with Crippen LogP contribution in [0, 0.1) is 0 Å². The topological polar surface area (TPSA) is 32.3 Å². The number of hydrogen-bond acceptors (Lipinski definition) is 2. The largest absolute Gasteiger partial charge is 0.416 e. The summed E-state index contributed by atoms with van der Waals surface area (Å²) in [4.78, 5) is 13.6. The smallest absolute Gasteiger partial charge is 0.343 e. The van der Waals surface area contributed by atoms with Gasteiger partial charge in [0.25, 0.3) is 0 Å². The first-order chi connectivity index (χ1) is 11.3. The van der Waals surface area contributed by atoms with Crippen LogP contribution in [0.4, 0.5) is 30.2 Å². The summed E-state index contributed by atoms with van der Waals surface area (Å²) >= 11 is 0. The fraction of sp³-hybridized carbons (Fsp3) is 0.278. The predicted octanol–water partition coefficient (Wildman–Crippen LogP) is 5.21. The molecule has 6 heteroatoms. The minimum absolute atomic E-state index is 0.148. The molecule has 128 valence electrons. The van der Waals surface area contributed by atoms with Crippen molar-refractivity contribution in [2.75, 3.05) is 17.3 Å². The second-order valence-corrected chi connectivity index (χ2v) is 5.42. The van der Waals surface area contributed by atoms with Gasteiger partial charge in [0, 0.05) is 19.2 Å². The first kappa shape index (κ1) is 17.8. The monoisotopic (exact) mass is 336 g/mol. The van der Waals surface area contributed by atoms with E-state index in [1.54, 1.807) is 11.9 Å². The molecule has 3 nitrogen and oxygen atoms in total. The lowest BCUT2D eigenvalue weighted by molar-refractivity contribution is -0.137. The highest BCUT2D eigenvalue weighted by molar-refractivity contribution is 5.95. The highest BCUT2D eigenvalue weighted by Gasteiger charge is 2.31. The van der Waals surface area contributed by atoms with Crippen LogP contribution in [0.25, 0.3) is 0 Å². The summed E-state index contributed by atoms with van der Waals surface area (Å²) < 4.78 is 38.9. The van der Waals surface area contributed by atoms with Crippen molar-refractivity contribution in [1.29, 1.82) is 0 Å². The molecule has 1 amide bonds. The van der Waals surface area contributed by atoms with Crippen molar-refractivity contribution in [3.63, 3.8) is 0 Å². The first-order valence-electron chi connectivity index (χ1n) is 7.62. The minimum Gasteiger partial charge on any atom is -0.343 e. The molecule has 0 aromatic heterocycles. The maximum Gasteiger partial charge on any atom is 0.416 e. The summed E-state index contributed by atoms with van der Waals surface area (Å²) in [5, 5.41) is 2.59. The Kier molecular flexibility index (Phi) is 5.49. The average molecular weight is 336 g/mol. The molecule has 0 atom stereocenters. The Hall–Kier alpha value is -2.50. The maximum absolute atomic E-state index is 13.0. The van der Waals surface area contributed by atoms with E-state index in [4.69, 9.17) is 0 Å². The number of carbonyl (C=O) groups excluding carboxylic acids is 1. The Morgan fingerprint density at radius 1 is 1.12 bits per heavy atom. The van der Waals surface area contributed by atoms with Gasteiger partial charge in [0.1, 0.15) is 0 Å². The van der Waals surface area contributed by atoms with Crippen LogP contribution in [0.15, 0.2) is 48.5 Å². The fourth-order valence-electron chi connectivity index (χ4n) is 2.34. The van der Waals surface area contributed by atoms with Crippen molar-refractivity contribution >= 4 is 23.0 Å². The van der Waals surface area contributed by atoms with Crippen LogP contribution in [-0.2, 0) is 11.0 Å². The zero-order valence-electron chi connectivity index (χ0n) is 13.5. The number of anilines is 3. The molecule has 24 heavy (non-hydrogen) atoms. The Balaban J connectivity index is 2.43. The van der Waals surface area contributed by atoms with E-state index in [0.717, 1.165) is 17.8 Å². The van der Waals surface area contributed by atoms with Crippen molar-refractivity contribution in [3.05, 3.63) is 54.1 Å². The van der Waals surface area contributed by atoms with Crippen LogP contribution in [-0.4, -0.2) is 13.0 Å². The number of alkyl halides is 3. The molecule has 0 saturated heterocycles. The Morgan fingerprint density at radius 2 is 1.79 bits per heavy atom. The standard InChI is InChI=1S/C18H19F3N2O/c1-3-7-17(24)22-15-12-13(18(19,20)21)10-11-16(15)23(2)14-8-5-4-6-9-14/h4-6,8-12H,3,7H2,1-2H3,(H,22,24). The summed E-state index contributed by atoms with van der Waals surface area (Å²) in [5.41, 5.74) is 0.663. The Bertz CT molecular complexity index is 699. The van der Waals surface area contributed by atoms with E-state index in [2.05, 4.69) is 5.32 Å². The van der Waals surface area contributed by atoms with Crippen molar-refractivity contribution in [2.24, 2.45) is 0 Å². The van der Waals surface area contributed by atoms with Crippen LogP contribution in [0.5, 0.6) is 0 Å². The summed E-state index contributed by atoms with van der Waals surface area (Å²) in [5.74, 6) is -0.306. The van der Waals surface area contributed by atoms with Crippen LogP contribution < -0.4 is 10.2 Å². The van der Waals surface area contributed by atoms with Gasteiger partial charge in [-0.2, -0.15) is 13.2 Å². The van der Waals surface area contributed by atoms with Crippen molar-refractivity contribution in [3.8, 4) is 0 Å². The number of hydrogen-bond donors (Lipinski definition) is 1. The van der Waals surface area contributed by atoms with Gasteiger partial charge < -0.3 is 10.2 Å². The van der Waals surface area contributed by atoms with Crippen LogP contribution in [0.1, 0.15) is 25.3 Å². The molecule has 0 fully saturated rings. The zero-order valence-corrected chi connectivity index (χ0v) is 13.5. The Morgan fingerprint density at radius 3 is 2.38 bits per heavy atom. The lowest BCUT2D eigenvalue weighted by atomic mass is 10.1. The van der Waals surface area contributed by atoms with E-state index in [0.29, 0.717) is 12.1 Å². The van der Waals surface area contributed by atoms with E-state index in [9.17, 15) is 18.0 Å². The van der Waals surface area contributed by atoms with Gasteiger partial charge in [-0.3, -0.25) is 4.79 Å². The van der Waals surface area contributed by atoms with Crippen molar-refractivity contribution in [1.82, 2.24) is 0 Å². The number of amides is 1. The van der Waals surface area contributed by atoms with Gasteiger partial charge in [-0.15, -0.1) is 0 Å². The van der Waals surface area contributed by atoms with Gasteiger partial charge in [-0.05, 0) is 36.8 Å². The molecule has 0 aliphatic heterocycles. The van der Waals surface area contributed by atoms with Gasteiger partial charge in [0.2, 0.25) is 5.91 Å². The summed E-state index contributed by atoms with van der Waals surface area (Å²) in [6.07, 6.45) is -3.59. The average Bonchev–Trinajstić information content (AvgIpc) is 2.54. The van der Waals surface area contributed by atoms with Gasteiger partial charge in [-0.1, -0.05) is 25.1 Å². The third kappa shape index (κ3) is 4.28. The number of nitrogens with zero attached hydrogens (tertiary/aromatic N) is 1. The zero-order chi connectivity index (χ0) is 17.7. The molecule has 2 aromatic rings. The second-order valence-electron chi connectivity index (χ2n) is 5.42. The number of benzene rings is 2. The van der Waals surface area contributed by atoms with E-state index < -0.39 is 11.7 Å². The molecule has 0 radical (unpaired) electrons. The number of para-hydroxylation sites is 1. The number of nitrogens with one attached hydrogen (secondary N) is 1. The summed E-state index contributed by atoms with van der Waals surface area (Å²) in [6.45, 7) is 1.84. The van der Waals surface area contributed by atoms with Gasteiger partial charge in [-0.25, -0.2) is 0 Å². The molecule has 0 heterocycles. The number of carbonyl (C=O) groups is 1. The molecular weight excluding hydrogens is 317 g/mol. The molecule has 2 aromatic carbocycles. The summed E-state index contributed by atoms with van der Waals surface area (Å²) in [6, 6.07) is 12.6. The highest BCUT2D eigenvalue weighted by atomic mass is 19.4. The minimum atomic E-state index is -4.46. The molecule has 2 rings (SSSR count). The Labute approximate surface area is 139 Å². The number of rotatable bonds is 5. The fourth-order valence-corrected chi connectivity index (χ4v) is 2.34. The molecular formula is C18H19F3N2O. The molecule has 0 bridgehead atoms. The number of halogens is 3. The lowest BCUT2D eigenvalue weighted by Gasteiger charge is -2.24.